The van der Waals surface area contributed by atoms with E-state index in [0.29, 0.717) is 0 Å². The van der Waals surface area contributed by atoms with Gasteiger partial charge in [0, 0.05) is 17.8 Å². The van der Waals surface area contributed by atoms with Gasteiger partial charge in [-0.1, -0.05) is 24.3 Å². The molecule has 1 unspecified atom stereocenters. The van der Waals surface area contributed by atoms with Crippen molar-refractivity contribution in [1.29, 1.82) is 0 Å². The van der Waals surface area contributed by atoms with Crippen LogP contribution in [0, 0.1) is 10.1 Å². The first-order chi connectivity index (χ1) is 18.9. The van der Waals surface area contributed by atoms with Gasteiger partial charge in [0.1, 0.15) is 12.3 Å². The summed E-state index contributed by atoms with van der Waals surface area (Å²) < 4.78 is 52.4. The highest BCUT2D eigenvalue weighted by molar-refractivity contribution is 6.21. The van der Waals surface area contributed by atoms with Gasteiger partial charge in [-0.3, -0.25) is 24.6 Å². The van der Waals surface area contributed by atoms with Crippen molar-refractivity contribution >= 4 is 29.4 Å². The monoisotopic (exact) mass is 559 g/mol. The predicted octanol–water partition coefficient (Wildman–Crippen LogP) is 3.38. The first-order valence-electron chi connectivity index (χ1n) is 11.6. The number of alkyl halides is 3. The summed E-state index contributed by atoms with van der Waals surface area (Å²) in [7, 11) is 0.982. The molecular formula is C26H20F3N3O8. The van der Waals surface area contributed by atoms with Gasteiger partial charge in [-0.15, -0.1) is 0 Å². The van der Waals surface area contributed by atoms with E-state index in [2.05, 4.69) is 0 Å². The Balaban J connectivity index is 1.71. The van der Waals surface area contributed by atoms with E-state index < -0.39 is 76.5 Å². The Labute approximate surface area is 224 Å². The summed E-state index contributed by atoms with van der Waals surface area (Å²) in [5.74, 6) is -5.70. The van der Waals surface area contributed by atoms with E-state index in [-0.39, 0.29) is 22.4 Å². The molecule has 0 saturated heterocycles. The Morgan fingerprint density at radius 3 is 2.20 bits per heavy atom. The molecule has 0 fully saturated rings. The molecule has 0 bridgehead atoms. The van der Waals surface area contributed by atoms with E-state index in [9.17, 15) is 42.5 Å². The van der Waals surface area contributed by atoms with Gasteiger partial charge in [-0.2, -0.15) is 13.2 Å². The van der Waals surface area contributed by atoms with Gasteiger partial charge in [0.2, 0.25) is 0 Å². The summed E-state index contributed by atoms with van der Waals surface area (Å²) in [5.41, 5.74) is -3.70. The SMILES string of the molecule is COC(=O)C1=C(C)NC(C(F)(F)F)=C(C(=O)OCCN2C(=O)c3ccccc3C2=O)C1c1cccc([N+](=O)[O-])c1. The number of dihydropyridines is 1. The number of methoxy groups -OCH3 is 1. The highest BCUT2D eigenvalue weighted by atomic mass is 19.4. The van der Waals surface area contributed by atoms with Gasteiger partial charge >= 0.3 is 18.1 Å². The molecule has 2 heterocycles. The van der Waals surface area contributed by atoms with Gasteiger partial charge in [0.15, 0.2) is 0 Å². The number of amides is 2. The third-order valence-corrected chi connectivity index (χ3v) is 6.31. The Morgan fingerprint density at radius 2 is 1.65 bits per heavy atom. The lowest BCUT2D eigenvalue weighted by atomic mass is 9.80. The van der Waals surface area contributed by atoms with Crippen LogP contribution >= 0.6 is 0 Å². The van der Waals surface area contributed by atoms with E-state index >= 15 is 0 Å². The van der Waals surface area contributed by atoms with Crippen LogP contribution < -0.4 is 5.32 Å². The molecule has 2 aliphatic rings. The molecule has 4 rings (SSSR count). The zero-order valence-corrected chi connectivity index (χ0v) is 20.9. The number of rotatable bonds is 7. The van der Waals surface area contributed by atoms with Crippen LogP contribution in [0.4, 0.5) is 18.9 Å². The Morgan fingerprint density at radius 1 is 1.02 bits per heavy atom. The summed E-state index contributed by atoms with van der Waals surface area (Å²) in [6.07, 6.45) is -5.14. The lowest BCUT2D eigenvalue weighted by molar-refractivity contribution is -0.384. The Hall–Kier alpha value is -5.01. The van der Waals surface area contributed by atoms with Crippen molar-refractivity contribution in [3.63, 3.8) is 0 Å². The van der Waals surface area contributed by atoms with Crippen LogP contribution in [0.1, 0.15) is 39.1 Å². The topological polar surface area (TPSA) is 145 Å². The highest BCUT2D eigenvalue weighted by Gasteiger charge is 2.47. The number of hydrogen-bond donors (Lipinski definition) is 1. The minimum atomic E-state index is -5.14. The number of imide groups is 1. The fourth-order valence-electron chi connectivity index (χ4n) is 4.55. The molecule has 2 aromatic rings. The number of nitro groups is 1. The van der Waals surface area contributed by atoms with E-state index in [1.807, 2.05) is 5.32 Å². The third-order valence-electron chi connectivity index (χ3n) is 6.31. The zero-order valence-electron chi connectivity index (χ0n) is 20.9. The van der Waals surface area contributed by atoms with E-state index in [1.54, 1.807) is 12.1 Å². The maximum atomic E-state index is 14.2. The van der Waals surface area contributed by atoms with Crippen molar-refractivity contribution < 1.29 is 46.7 Å². The number of carbonyl (C=O) groups excluding carboxylic acids is 4. The summed E-state index contributed by atoms with van der Waals surface area (Å²) in [6.45, 7) is 0.0317. The average Bonchev–Trinajstić information content (AvgIpc) is 3.16. The van der Waals surface area contributed by atoms with Gasteiger partial charge in [0.05, 0.1) is 46.8 Å². The second kappa shape index (κ2) is 10.6. The maximum absolute atomic E-state index is 14.2. The quantitative estimate of drug-likeness (QED) is 0.234. The number of nitrogens with zero attached hydrogens (tertiary/aromatic N) is 2. The lowest BCUT2D eigenvalue weighted by Crippen LogP contribution is -2.39. The minimum Gasteiger partial charge on any atom is -0.466 e. The molecule has 14 heteroatoms. The maximum Gasteiger partial charge on any atom is 0.431 e. The number of nitro benzene ring substituents is 1. The number of nitrogens with one attached hydrogen (secondary N) is 1. The van der Waals surface area contributed by atoms with Crippen molar-refractivity contribution in [2.45, 2.75) is 19.0 Å². The van der Waals surface area contributed by atoms with Crippen LogP contribution in [0.15, 0.2) is 71.1 Å². The summed E-state index contributed by atoms with van der Waals surface area (Å²) in [4.78, 5) is 62.4. The summed E-state index contributed by atoms with van der Waals surface area (Å²) >= 11 is 0. The summed E-state index contributed by atoms with van der Waals surface area (Å²) in [5, 5.41) is 13.4. The molecule has 2 aliphatic heterocycles. The second-order valence-electron chi connectivity index (χ2n) is 8.67. The van der Waals surface area contributed by atoms with E-state index in [0.717, 1.165) is 31.1 Å². The standard InChI is InChI=1S/C26H20F3N3O8/c1-13-18(24(35)39-2)19(14-6-5-7-15(12-14)32(37)38)20(21(30-13)26(27,28)29)25(36)40-11-10-31-22(33)16-8-3-4-9-17(16)23(31)34/h3-9,12,19,30H,10-11H2,1-2H3. The molecule has 1 N–H and O–H groups in total. The normalized spacial score (nSPS) is 17.0. The predicted molar refractivity (Wildman–Crippen MR) is 130 cm³/mol. The van der Waals surface area contributed by atoms with Crippen LogP contribution in [0.5, 0.6) is 0 Å². The first kappa shape index (κ1) is 28.0. The second-order valence-corrected chi connectivity index (χ2v) is 8.67. The molecular weight excluding hydrogens is 539 g/mol. The van der Waals surface area contributed by atoms with Gasteiger partial charge in [0.25, 0.3) is 17.5 Å². The molecule has 2 aromatic carbocycles. The van der Waals surface area contributed by atoms with Crippen LogP contribution in [0.25, 0.3) is 0 Å². The molecule has 0 saturated carbocycles. The molecule has 0 spiro atoms. The Kier molecular flexibility index (Phi) is 7.44. The number of benzene rings is 2. The van der Waals surface area contributed by atoms with Gasteiger partial charge in [-0.25, -0.2) is 9.59 Å². The molecule has 40 heavy (non-hydrogen) atoms. The molecule has 0 aliphatic carbocycles. The fraction of sp³-hybridized carbons (Fsp3) is 0.231. The highest BCUT2D eigenvalue weighted by Crippen LogP contribution is 2.44. The number of allylic oxidation sites excluding steroid dienone is 2. The number of ether oxygens (including phenoxy) is 2. The van der Waals surface area contributed by atoms with E-state index in [1.165, 1.54) is 24.3 Å². The third kappa shape index (κ3) is 5.02. The van der Waals surface area contributed by atoms with Gasteiger partial charge in [-0.05, 0) is 24.6 Å². The zero-order chi connectivity index (χ0) is 29.4. The molecule has 1 atom stereocenters. The number of halogens is 3. The summed E-state index contributed by atoms with van der Waals surface area (Å²) in [6, 6.07) is 10.4. The molecule has 0 radical (unpaired) electrons. The van der Waals surface area contributed by atoms with Crippen LogP contribution in [-0.4, -0.2) is 60.0 Å². The minimum absolute atomic E-state index is 0.131. The van der Waals surface area contributed by atoms with Gasteiger partial charge < -0.3 is 14.8 Å². The number of hydrogen-bond acceptors (Lipinski definition) is 9. The van der Waals surface area contributed by atoms with Crippen LogP contribution in [-0.2, 0) is 19.1 Å². The number of esters is 2. The Bertz CT molecular complexity index is 1480. The molecule has 11 nitrogen and oxygen atoms in total. The molecule has 0 aromatic heterocycles. The largest absolute Gasteiger partial charge is 0.466 e. The fourth-order valence-corrected chi connectivity index (χ4v) is 4.55. The van der Waals surface area contributed by atoms with Crippen molar-refractivity contribution in [1.82, 2.24) is 10.2 Å². The van der Waals surface area contributed by atoms with Crippen LogP contribution in [0.2, 0.25) is 0 Å². The first-order valence-corrected chi connectivity index (χ1v) is 11.6. The average molecular weight is 559 g/mol. The molecule has 208 valence electrons. The lowest BCUT2D eigenvalue weighted by Gasteiger charge is -2.32. The van der Waals surface area contributed by atoms with Crippen molar-refractivity contribution in [2.75, 3.05) is 20.3 Å². The van der Waals surface area contributed by atoms with Crippen LogP contribution in [0.3, 0.4) is 0 Å². The smallest absolute Gasteiger partial charge is 0.431 e. The number of non-ortho nitro benzene ring substituents is 1. The number of carbonyl (C=O) groups is 4. The van der Waals surface area contributed by atoms with Crippen molar-refractivity contribution in [3.8, 4) is 0 Å². The van der Waals surface area contributed by atoms with Crippen molar-refractivity contribution in [3.05, 3.63) is 97.9 Å². The molecule has 2 amide bonds. The van der Waals surface area contributed by atoms with Crippen molar-refractivity contribution in [2.24, 2.45) is 0 Å². The number of fused-ring (bicyclic) bond motifs is 1. The van der Waals surface area contributed by atoms with E-state index in [4.69, 9.17) is 9.47 Å².